The van der Waals surface area contributed by atoms with E-state index in [0.29, 0.717) is 5.39 Å². The topological polar surface area (TPSA) is 59.3 Å². The van der Waals surface area contributed by atoms with E-state index >= 15 is 0 Å². The van der Waals surface area contributed by atoms with E-state index in [4.69, 9.17) is 0 Å². The molecule has 0 radical (unpaired) electrons. The number of likely N-dealkylation sites (N-methyl/N-ethyl adjacent to an activating group) is 1. The van der Waals surface area contributed by atoms with Crippen molar-refractivity contribution in [2.45, 2.75) is 37.9 Å². The normalized spacial score (nSPS) is 18.7. The maximum Gasteiger partial charge on any atom is 0.329 e. The lowest BCUT2D eigenvalue weighted by Crippen LogP contribution is -2.40. The molecule has 1 unspecified atom stereocenters. The zero-order valence-electron chi connectivity index (χ0n) is 19.1. The van der Waals surface area contributed by atoms with Crippen LogP contribution in [0.25, 0.3) is 21.8 Å². The van der Waals surface area contributed by atoms with Crippen LogP contribution in [-0.4, -0.2) is 40.1 Å². The highest BCUT2D eigenvalue weighted by atomic mass is 19.1. The first-order valence-corrected chi connectivity index (χ1v) is 11.9. The average Bonchev–Trinajstić information content (AvgIpc) is 3.37. The monoisotopic (exact) mass is 458 g/mol. The van der Waals surface area contributed by atoms with Crippen molar-refractivity contribution in [2.75, 3.05) is 20.1 Å². The number of rotatable bonds is 4. The van der Waals surface area contributed by atoms with Gasteiger partial charge in [0.1, 0.15) is 12.4 Å². The molecule has 1 aliphatic carbocycles. The van der Waals surface area contributed by atoms with E-state index in [-0.39, 0.29) is 36.0 Å². The largest absolute Gasteiger partial charge is 0.358 e. The van der Waals surface area contributed by atoms with Gasteiger partial charge in [-0.25, -0.2) is 9.18 Å². The van der Waals surface area contributed by atoms with Crippen LogP contribution >= 0.6 is 0 Å². The lowest BCUT2D eigenvalue weighted by Gasteiger charge is -2.36. The van der Waals surface area contributed by atoms with Crippen molar-refractivity contribution >= 4 is 27.7 Å². The first kappa shape index (κ1) is 21.1. The molecule has 7 heteroatoms. The van der Waals surface area contributed by atoms with Crippen LogP contribution in [0.3, 0.4) is 0 Å². The standard InChI is InChI=1S/C27H27FN4O2/c1-29-25(33)16-31-22-7-2-3-8-23(22)32(27(31)34)18-11-13-30(14-12-18)24-15-17-5-4-6-19-21(28)10-9-20(24)26(17)19/h2-10,18,24H,11-16H2,1H3,(H,29,33). The summed E-state index contributed by atoms with van der Waals surface area (Å²) in [6.07, 6.45) is 2.60. The number of likely N-dealkylation sites (tertiary alicyclic amines) is 1. The number of carbonyl (C=O) groups excluding carboxylic acids is 1. The number of carbonyl (C=O) groups is 1. The molecule has 6 nitrogen and oxygen atoms in total. The zero-order valence-corrected chi connectivity index (χ0v) is 19.1. The van der Waals surface area contributed by atoms with Crippen molar-refractivity contribution in [3.8, 4) is 0 Å². The molecule has 1 aromatic heterocycles. The van der Waals surface area contributed by atoms with Gasteiger partial charge in [-0.2, -0.15) is 0 Å². The molecule has 174 valence electrons. The Kier molecular flexibility index (Phi) is 5.03. The van der Waals surface area contributed by atoms with Crippen LogP contribution in [0.1, 0.15) is 36.1 Å². The summed E-state index contributed by atoms with van der Waals surface area (Å²) >= 11 is 0. The van der Waals surface area contributed by atoms with Crippen molar-refractivity contribution in [3.05, 3.63) is 82.0 Å². The van der Waals surface area contributed by atoms with E-state index in [0.717, 1.165) is 48.8 Å². The summed E-state index contributed by atoms with van der Waals surface area (Å²) in [5, 5.41) is 4.40. The van der Waals surface area contributed by atoms with Crippen LogP contribution < -0.4 is 11.0 Å². The van der Waals surface area contributed by atoms with E-state index in [9.17, 15) is 14.0 Å². The second-order valence-corrected chi connectivity index (χ2v) is 9.36. The molecule has 1 saturated heterocycles. The fraction of sp³-hybridized carbons (Fsp3) is 0.333. The van der Waals surface area contributed by atoms with Gasteiger partial charge in [-0.05, 0) is 54.0 Å². The number of hydrogen-bond acceptors (Lipinski definition) is 3. The van der Waals surface area contributed by atoms with Gasteiger partial charge in [-0.3, -0.25) is 18.8 Å². The van der Waals surface area contributed by atoms with Gasteiger partial charge in [0, 0.05) is 37.6 Å². The van der Waals surface area contributed by atoms with E-state index in [2.05, 4.69) is 16.3 Å². The van der Waals surface area contributed by atoms with E-state index in [1.54, 1.807) is 17.7 Å². The highest BCUT2D eigenvalue weighted by Gasteiger charge is 2.33. The summed E-state index contributed by atoms with van der Waals surface area (Å²) in [6.45, 7) is 1.75. The SMILES string of the molecule is CNC(=O)Cn1c(=O)n(C2CCN(C3Cc4cccc5c(F)ccc3c45)CC2)c2ccccc21. The number of fused-ring (bicyclic) bond motifs is 1. The molecule has 0 spiro atoms. The maximum absolute atomic E-state index is 14.4. The molecule has 1 fully saturated rings. The molecule has 4 aromatic rings. The molecule has 2 heterocycles. The number of nitrogens with zero attached hydrogens (tertiary/aromatic N) is 3. The Morgan fingerprint density at radius 3 is 2.56 bits per heavy atom. The predicted octanol–water partition coefficient (Wildman–Crippen LogP) is 3.78. The smallest absolute Gasteiger partial charge is 0.329 e. The van der Waals surface area contributed by atoms with Crippen LogP contribution in [0.15, 0.2) is 59.4 Å². The fourth-order valence-corrected chi connectivity index (χ4v) is 5.98. The van der Waals surface area contributed by atoms with Crippen LogP contribution in [0, 0.1) is 5.82 Å². The molecule has 6 rings (SSSR count). The van der Waals surface area contributed by atoms with Crippen LogP contribution in [-0.2, 0) is 17.8 Å². The maximum atomic E-state index is 14.4. The van der Waals surface area contributed by atoms with E-state index in [1.807, 2.05) is 47.0 Å². The highest BCUT2D eigenvalue weighted by molar-refractivity contribution is 5.91. The van der Waals surface area contributed by atoms with Crippen LogP contribution in [0.2, 0.25) is 0 Å². The van der Waals surface area contributed by atoms with Crippen LogP contribution in [0.4, 0.5) is 4.39 Å². The number of amides is 1. The summed E-state index contributed by atoms with van der Waals surface area (Å²) in [7, 11) is 1.58. The first-order valence-electron chi connectivity index (χ1n) is 11.9. The Morgan fingerprint density at radius 2 is 1.79 bits per heavy atom. The third-order valence-corrected chi connectivity index (χ3v) is 7.63. The number of benzene rings is 3. The van der Waals surface area contributed by atoms with Crippen molar-refractivity contribution < 1.29 is 9.18 Å². The third-order valence-electron chi connectivity index (χ3n) is 7.63. The molecule has 1 amide bonds. The number of halogens is 1. The first-order chi connectivity index (χ1) is 16.6. The number of imidazole rings is 1. The summed E-state index contributed by atoms with van der Waals surface area (Å²) in [4.78, 5) is 27.9. The second-order valence-electron chi connectivity index (χ2n) is 9.36. The molecule has 0 saturated carbocycles. The highest BCUT2D eigenvalue weighted by Crippen LogP contribution is 2.42. The van der Waals surface area contributed by atoms with Gasteiger partial charge < -0.3 is 5.32 Å². The number of piperidine rings is 1. The van der Waals surface area contributed by atoms with Gasteiger partial charge in [0.15, 0.2) is 0 Å². The predicted molar refractivity (Wildman–Crippen MR) is 130 cm³/mol. The zero-order chi connectivity index (χ0) is 23.4. The van der Waals surface area contributed by atoms with Crippen molar-refractivity contribution in [2.24, 2.45) is 0 Å². The second kappa shape index (κ2) is 8.09. The molecule has 0 bridgehead atoms. The molecule has 3 aromatic carbocycles. The Balaban J connectivity index is 1.28. The summed E-state index contributed by atoms with van der Waals surface area (Å²) in [5.74, 6) is -0.348. The lowest BCUT2D eigenvalue weighted by atomic mass is 9.99. The van der Waals surface area contributed by atoms with Crippen LogP contribution in [0.5, 0.6) is 0 Å². The molecule has 2 aliphatic rings. The van der Waals surface area contributed by atoms with Gasteiger partial charge in [-0.1, -0.05) is 36.4 Å². The third kappa shape index (κ3) is 3.18. The molecule has 1 N–H and O–H groups in total. The Bertz CT molecular complexity index is 1480. The average molecular weight is 459 g/mol. The number of hydrogen-bond donors (Lipinski definition) is 1. The Morgan fingerprint density at radius 1 is 1.03 bits per heavy atom. The number of aromatic nitrogens is 2. The van der Waals surface area contributed by atoms with Gasteiger partial charge in [0.2, 0.25) is 5.91 Å². The number of nitrogens with one attached hydrogen (secondary N) is 1. The molecule has 34 heavy (non-hydrogen) atoms. The van der Waals surface area contributed by atoms with E-state index in [1.165, 1.54) is 11.1 Å². The minimum Gasteiger partial charge on any atom is -0.358 e. The fourth-order valence-electron chi connectivity index (χ4n) is 5.98. The summed E-state index contributed by atoms with van der Waals surface area (Å²) < 4.78 is 17.8. The molecular weight excluding hydrogens is 431 g/mol. The van der Waals surface area contributed by atoms with Crippen molar-refractivity contribution in [1.29, 1.82) is 0 Å². The van der Waals surface area contributed by atoms with Crippen molar-refractivity contribution in [3.63, 3.8) is 0 Å². The van der Waals surface area contributed by atoms with Gasteiger partial charge in [-0.15, -0.1) is 0 Å². The minimum absolute atomic E-state index is 0.0165. The lowest BCUT2D eigenvalue weighted by molar-refractivity contribution is -0.121. The minimum atomic E-state index is -0.189. The summed E-state index contributed by atoms with van der Waals surface area (Å²) in [6, 6.07) is 17.5. The quantitative estimate of drug-likeness (QED) is 0.507. The Hall–Kier alpha value is -3.45. The van der Waals surface area contributed by atoms with Gasteiger partial charge in [0.25, 0.3) is 0 Å². The van der Waals surface area contributed by atoms with E-state index < -0.39 is 0 Å². The van der Waals surface area contributed by atoms with Gasteiger partial charge >= 0.3 is 5.69 Å². The van der Waals surface area contributed by atoms with Crippen molar-refractivity contribution in [1.82, 2.24) is 19.4 Å². The Labute approximate surface area is 196 Å². The summed E-state index contributed by atoms with van der Waals surface area (Å²) in [5.41, 5.74) is 3.97. The molecule has 1 aliphatic heterocycles. The van der Waals surface area contributed by atoms with Gasteiger partial charge in [0.05, 0.1) is 11.0 Å². The molecule has 1 atom stereocenters. The molecular formula is C27H27FN4O2. The number of para-hydroxylation sites is 2.